The van der Waals surface area contributed by atoms with Crippen LogP contribution in [0.25, 0.3) is 0 Å². The van der Waals surface area contributed by atoms with Crippen LogP contribution in [0.4, 0.5) is 0 Å². The third kappa shape index (κ3) is 9.45. The first-order valence-electron chi connectivity index (χ1n) is 8.67. The summed E-state index contributed by atoms with van der Waals surface area (Å²) in [5.74, 6) is 0. The van der Waals surface area contributed by atoms with Crippen molar-refractivity contribution < 1.29 is 4.48 Å². The Hall–Kier alpha value is -0.0800. The minimum atomic E-state index is 1.28. The molecule has 0 radical (unpaired) electrons. The molecule has 0 atom stereocenters. The summed E-state index contributed by atoms with van der Waals surface area (Å²) in [6.45, 7) is 17.1. The van der Waals surface area contributed by atoms with Gasteiger partial charge in [0.15, 0.2) is 0 Å². The third-order valence-electron chi connectivity index (χ3n) is 4.03. The molecule has 0 aromatic rings. The van der Waals surface area contributed by atoms with Gasteiger partial charge in [0.1, 0.15) is 0 Å². The Morgan fingerprint density at radius 3 is 1.58 bits per heavy atom. The van der Waals surface area contributed by atoms with E-state index in [2.05, 4.69) is 39.6 Å². The van der Waals surface area contributed by atoms with Crippen molar-refractivity contribution in [1.82, 2.24) is 4.90 Å². The molecule has 19 heavy (non-hydrogen) atoms. The van der Waals surface area contributed by atoms with Gasteiger partial charge < -0.3 is 9.38 Å². The van der Waals surface area contributed by atoms with Gasteiger partial charge in [-0.15, -0.1) is 0 Å². The summed E-state index contributed by atoms with van der Waals surface area (Å²) in [4.78, 5) is 2.64. The van der Waals surface area contributed by atoms with Crippen molar-refractivity contribution in [2.75, 3.05) is 46.3 Å². The Morgan fingerprint density at radius 1 is 0.632 bits per heavy atom. The van der Waals surface area contributed by atoms with Gasteiger partial charge in [0.05, 0.1) is 26.7 Å². The molecule has 0 unspecified atom stereocenters. The first-order chi connectivity index (χ1) is 9.11. The number of quaternary nitrogens is 1. The minimum absolute atomic E-state index is 1.28. The van der Waals surface area contributed by atoms with Crippen LogP contribution in [0.2, 0.25) is 0 Å². The zero-order chi connectivity index (χ0) is 14.6. The molecule has 0 aromatic carbocycles. The second-order valence-electron chi connectivity index (χ2n) is 6.34. The molecule has 0 amide bonds. The first kappa shape index (κ1) is 18.9. The second kappa shape index (κ2) is 11.7. The predicted octanol–water partition coefficient (Wildman–Crippen LogP) is 4.16. The van der Waals surface area contributed by atoms with E-state index in [0.29, 0.717) is 0 Å². The van der Waals surface area contributed by atoms with E-state index >= 15 is 0 Å². The molecule has 0 aliphatic carbocycles. The summed E-state index contributed by atoms with van der Waals surface area (Å²) < 4.78 is 1.29. The van der Waals surface area contributed by atoms with Gasteiger partial charge in [-0.25, -0.2) is 0 Å². The summed E-state index contributed by atoms with van der Waals surface area (Å²) in [6, 6.07) is 0. The number of unbranched alkanes of at least 4 members (excludes halogenated alkanes) is 1. The van der Waals surface area contributed by atoms with Gasteiger partial charge >= 0.3 is 0 Å². The smallest absolute Gasteiger partial charge is 0.0785 e. The molecule has 0 fully saturated rings. The van der Waals surface area contributed by atoms with Crippen LogP contribution < -0.4 is 0 Å². The monoisotopic (exact) mass is 271 g/mol. The second-order valence-corrected chi connectivity index (χ2v) is 6.34. The third-order valence-corrected chi connectivity index (χ3v) is 4.03. The lowest BCUT2D eigenvalue weighted by molar-refractivity contribution is -0.909. The van der Waals surface area contributed by atoms with Gasteiger partial charge in [-0.1, -0.05) is 27.7 Å². The van der Waals surface area contributed by atoms with E-state index in [4.69, 9.17) is 0 Å². The summed E-state index contributed by atoms with van der Waals surface area (Å²) in [5.41, 5.74) is 0. The number of nitrogens with zero attached hydrogens (tertiary/aromatic N) is 2. The molecule has 0 spiro atoms. The van der Waals surface area contributed by atoms with E-state index in [0.717, 1.165) is 0 Å². The van der Waals surface area contributed by atoms with Crippen molar-refractivity contribution in [3.63, 3.8) is 0 Å². The molecule has 2 nitrogen and oxygen atoms in total. The van der Waals surface area contributed by atoms with Crippen LogP contribution in [0.15, 0.2) is 0 Å². The van der Waals surface area contributed by atoms with E-state index in [1.54, 1.807) is 0 Å². The molecular formula is C17H39N2+. The highest BCUT2D eigenvalue weighted by Crippen LogP contribution is 2.09. The average molecular weight is 272 g/mol. The fraction of sp³-hybridized carbons (Fsp3) is 1.00. The van der Waals surface area contributed by atoms with Gasteiger partial charge in [-0.2, -0.15) is 0 Å². The molecule has 116 valence electrons. The van der Waals surface area contributed by atoms with Crippen molar-refractivity contribution in [1.29, 1.82) is 0 Å². The van der Waals surface area contributed by atoms with Crippen molar-refractivity contribution in [3.8, 4) is 0 Å². The van der Waals surface area contributed by atoms with Gasteiger partial charge in [-0.05, 0) is 58.2 Å². The highest BCUT2D eigenvalue weighted by atomic mass is 15.3. The molecule has 0 rings (SSSR count). The van der Waals surface area contributed by atoms with Crippen LogP contribution in [-0.4, -0.2) is 55.7 Å². The lowest BCUT2D eigenvalue weighted by Crippen LogP contribution is -2.46. The molecule has 0 N–H and O–H groups in total. The van der Waals surface area contributed by atoms with Crippen LogP contribution in [0, 0.1) is 0 Å². The topological polar surface area (TPSA) is 3.24 Å². The fourth-order valence-electron chi connectivity index (χ4n) is 3.21. The van der Waals surface area contributed by atoms with Crippen LogP contribution in [0.5, 0.6) is 0 Å². The summed E-state index contributed by atoms with van der Waals surface area (Å²) in [7, 11) is 2.45. The maximum Gasteiger partial charge on any atom is 0.0785 e. The van der Waals surface area contributed by atoms with Crippen LogP contribution in [0.1, 0.15) is 66.2 Å². The summed E-state index contributed by atoms with van der Waals surface area (Å²) >= 11 is 0. The molecule has 0 aliphatic heterocycles. The molecule has 0 aliphatic rings. The number of hydrogen-bond acceptors (Lipinski definition) is 1. The number of rotatable bonds is 13. The van der Waals surface area contributed by atoms with E-state index in [1.165, 1.54) is 82.3 Å². The van der Waals surface area contributed by atoms with E-state index in [-0.39, 0.29) is 0 Å². The first-order valence-corrected chi connectivity index (χ1v) is 8.67. The largest absolute Gasteiger partial charge is 0.326 e. The van der Waals surface area contributed by atoms with Crippen molar-refractivity contribution >= 4 is 0 Å². The summed E-state index contributed by atoms with van der Waals surface area (Å²) in [6.07, 6.45) is 7.98. The fourth-order valence-corrected chi connectivity index (χ4v) is 3.21. The maximum atomic E-state index is 2.64. The van der Waals surface area contributed by atoms with Crippen LogP contribution in [0.3, 0.4) is 0 Å². The van der Waals surface area contributed by atoms with Crippen molar-refractivity contribution in [2.24, 2.45) is 0 Å². The van der Waals surface area contributed by atoms with Crippen LogP contribution in [-0.2, 0) is 0 Å². The van der Waals surface area contributed by atoms with E-state index in [9.17, 15) is 0 Å². The van der Waals surface area contributed by atoms with Crippen molar-refractivity contribution in [3.05, 3.63) is 0 Å². The standard InChI is InChI=1S/C17H39N2/c1-6-12-18(13-7-2)14-10-11-17-19(5,15-8-3)16-9-4/h6-17H2,1-5H3/q+1. The van der Waals surface area contributed by atoms with E-state index in [1.807, 2.05) is 0 Å². The normalized spacial score (nSPS) is 12.3. The zero-order valence-corrected chi connectivity index (χ0v) is 14.4. The average Bonchev–Trinajstić information content (AvgIpc) is 2.36. The Kier molecular flexibility index (Phi) is 11.7. The molecule has 0 saturated carbocycles. The SMILES string of the molecule is CCCN(CCC)CCCC[N+](C)(CCC)CCC. The van der Waals surface area contributed by atoms with Gasteiger partial charge in [0, 0.05) is 0 Å². The highest BCUT2D eigenvalue weighted by molar-refractivity contribution is 4.56. The molecule has 0 bridgehead atoms. The number of hydrogen-bond donors (Lipinski definition) is 0. The molecule has 0 heterocycles. The Labute approximate surface area is 122 Å². The van der Waals surface area contributed by atoms with Crippen molar-refractivity contribution in [2.45, 2.75) is 66.2 Å². The Morgan fingerprint density at radius 2 is 1.16 bits per heavy atom. The lowest BCUT2D eigenvalue weighted by atomic mass is 10.2. The molecule has 2 heteroatoms. The molecule has 0 aromatic heterocycles. The van der Waals surface area contributed by atoms with Gasteiger partial charge in [-0.3, -0.25) is 0 Å². The Balaban J connectivity index is 3.90. The Bertz CT molecular complexity index is 180. The minimum Gasteiger partial charge on any atom is -0.326 e. The van der Waals surface area contributed by atoms with Gasteiger partial charge in [0.25, 0.3) is 0 Å². The van der Waals surface area contributed by atoms with E-state index < -0.39 is 0 Å². The molecule has 0 saturated heterocycles. The maximum absolute atomic E-state index is 2.64. The zero-order valence-electron chi connectivity index (χ0n) is 14.4. The van der Waals surface area contributed by atoms with Gasteiger partial charge in [0.2, 0.25) is 0 Å². The lowest BCUT2D eigenvalue weighted by Gasteiger charge is -2.34. The highest BCUT2D eigenvalue weighted by Gasteiger charge is 2.18. The summed E-state index contributed by atoms with van der Waals surface area (Å²) in [5, 5.41) is 0. The molecular weight excluding hydrogens is 232 g/mol. The quantitative estimate of drug-likeness (QED) is 0.359. The van der Waals surface area contributed by atoms with Crippen LogP contribution >= 0.6 is 0 Å². The predicted molar refractivity (Wildman–Crippen MR) is 87.6 cm³/mol.